The molecule has 0 aliphatic carbocycles. The first-order chi connectivity index (χ1) is 6.31. The zero-order chi connectivity index (χ0) is 9.26. The molecule has 3 nitrogen and oxygen atoms in total. The molecule has 0 saturated carbocycles. The van der Waals surface area contributed by atoms with Crippen molar-refractivity contribution < 1.29 is 9.47 Å². The zero-order valence-corrected chi connectivity index (χ0v) is 7.62. The van der Waals surface area contributed by atoms with Gasteiger partial charge in [0.25, 0.3) is 0 Å². The number of hydrogen-bond donors (Lipinski definition) is 1. The Hall–Kier alpha value is -1.22. The van der Waals surface area contributed by atoms with E-state index < -0.39 is 0 Å². The van der Waals surface area contributed by atoms with E-state index in [0.29, 0.717) is 6.61 Å². The van der Waals surface area contributed by atoms with Gasteiger partial charge in [-0.2, -0.15) is 0 Å². The van der Waals surface area contributed by atoms with E-state index in [1.807, 2.05) is 18.2 Å². The Bertz CT molecular complexity index is 312. The number of fused-ring (bicyclic) bond motifs is 1. The summed E-state index contributed by atoms with van der Waals surface area (Å²) in [4.78, 5) is 0. The van der Waals surface area contributed by atoms with Gasteiger partial charge in [0, 0.05) is 30.8 Å². The van der Waals surface area contributed by atoms with E-state index in [-0.39, 0.29) is 6.10 Å². The summed E-state index contributed by atoms with van der Waals surface area (Å²) in [6, 6.07) is 5.69. The molecule has 0 bridgehead atoms. The van der Waals surface area contributed by atoms with Crippen LogP contribution >= 0.6 is 0 Å². The lowest BCUT2D eigenvalue weighted by atomic mass is 10.0. The van der Waals surface area contributed by atoms with Gasteiger partial charge in [0.05, 0.1) is 12.7 Å². The van der Waals surface area contributed by atoms with Gasteiger partial charge in [-0.15, -0.1) is 0 Å². The smallest absolute Gasteiger partial charge is 0.127 e. The number of nitrogens with two attached hydrogens (primary N) is 1. The van der Waals surface area contributed by atoms with Crippen molar-refractivity contribution >= 4 is 5.69 Å². The number of ether oxygens (including phenoxy) is 2. The second kappa shape index (κ2) is 3.26. The first-order valence-corrected chi connectivity index (χ1v) is 4.36. The highest BCUT2D eigenvalue weighted by molar-refractivity contribution is 5.49. The van der Waals surface area contributed by atoms with Crippen LogP contribution < -0.4 is 10.5 Å². The van der Waals surface area contributed by atoms with Gasteiger partial charge in [0.1, 0.15) is 5.75 Å². The van der Waals surface area contributed by atoms with Crippen LogP contribution in [0.1, 0.15) is 18.1 Å². The van der Waals surface area contributed by atoms with Gasteiger partial charge in [-0.3, -0.25) is 0 Å². The quantitative estimate of drug-likeness (QED) is 0.668. The van der Waals surface area contributed by atoms with Crippen LogP contribution in [0.2, 0.25) is 0 Å². The van der Waals surface area contributed by atoms with Crippen molar-refractivity contribution in [1.82, 2.24) is 0 Å². The molecule has 1 unspecified atom stereocenters. The summed E-state index contributed by atoms with van der Waals surface area (Å²) < 4.78 is 10.8. The predicted molar refractivity (Wildman–Crippen MR) is 50.7 cm³/mol. The second-order valence-corrected chi connectivity index (χ2v) is 3.16. The van der Waals surface area contributed by atoms with Gasteiger partial charge >= 0.3 is 0 Å². The van der Waals surface area contributed by atoms with Crippen LogP contribution in [0, 0.1) is 0 Å². The number of anilines is 1. The summed E-state index contributed by atoms with van der Waals surface area (Å²) in [6.07, 6.45) is 1.07. The highest BCUT2D eigenvalue weighted by Gasteiger charge is 2.20. The highest BCUT2D eigenvalue weighted by atomic mass is 16.5. The normalized spacial score (nSPS) is 20.5. The molecule has 0 spiro atoms. The SMILES string of the molecule is COC1CCOc2cc(N)ccc21. The van der Waals surface area contributed by atoms with Crippen LogP contribution in [0.5, 0.6) is 5.75 Å². The van der Waals surface area contributed by atoms with Crippen molar-refractivity contribution in [3.8, 4) is 5.75 Å². The first kappa shape index (κ1) is 8.38. The van der Waals surface area contributed by atoms with Crippen LogP contribution in [-0.2, 0) is 4.74 Å². The zero-order valence-electron chi connectivity index (χ0n) is 7.62. The maximum Gasteiger partial charge on any atom is 0.127 e. The number of rotatable bonds is 1. The predicted octanol–water partition coefficient (Wildman–Crippen LogP) is 1.74. The Morgan fingerprint density at radius 2 is 2.38 bits per heavy atom. The topological polar surface area (TPSA) is 44.5 Å². The molecule has 70 valence electrons. The monoisotopic (exact) mass is 179 g/mol. The average molecular weight is 179 g/mol. The maximum atomic E-state index is 5.65. The Morgan fingerprint density at radius 3 is 3.15 bits per heavy atom. The van der Waals surface area contributed by atoms with Crippen molar-refractivity contribution in [2.24, 2.45) is 0 Å². The molecule has 1 aliphatic rings. The van der Waals surface area contributed by atoms with Crippen LogP contribution in [0.4, 0.5) is 5.69 Å². The molecule has 3 heteroatoms. The van der Waals surface area contributed by atoms with Crippen molar-refractivity contribution in [2.75, 3.05) is 19.5 Å². The molecule has 1 heterocycles. The van der Waals surface area contributed by atoms with E-state index in [2.05, 4.69) is 0 Å². The second-order valence-electron chi connectivity index (χ2n) is 3.16. The summed E-state index contributed by atoms with van der Waals surface area (Å²) in [6.45, 7) is 0.703. The van der Waals surface area contributed by atoms with Gasteiger partial charge in [-0.1, -0.05) is 6.07 Å². The first-order valence-electron chi connectivity index (χ1n) is 4.36. The Labute approximate surface area is 77.5 Å². The minimum Gasteiger partial charge on any atom is -0.493 e. The highest BCUT2D eigenvalue weighted by Crippen LogP contribution is 2.34. The number of methoxy groups -OCH3 is 1. The molecule has 0 aromatic heterocycles. The summed E-state index contributed by atoms with van der Waals surface area (Å²) in [5.41, 5.74) is 7.48. The number of hydrogen-bond acceptors (Lipinski definition) is 3. The fourth-order valence-corrected chi connectivity index (χ4v) is 1.62. The Morgan fingerprint density at radius 1 is 1.54 bits per heavy atom. The van der Waals surface area contributed by atoms with Crippen LogP contribution in [0.25, 0.3) is 0 Å². The lowest BCUT2D eigenvalue weighted by Crippen LogP contribution is -2.15. The Balaban J connectivity index is 2.40. The van der Waals surface area contributed by atoms with Crippen molar-refractivity contribution in [2.45, 2.75) is 12.5 Å². The third kappa shape index (κ3) is 1.47. The minimum atomic E-state index is 0.157. The van der Waals surface area contributed by atoms with Crippen molar-refractivity contribution in [3.05, 3.63) is 23.8 Å². The third-order valence-electron chi connectivity index (χ3n) is 2.31. The molecule has 0 saturated heterocycles. The molecule has 1 aromatic carbocycles. The van der Waals surface area contributed by atoms with Gasteiger partial charge in [-0.05, 0) is 6.07 Å². The van der Waals surface area contributed by atoms with E-state index in [9.17, 15) is 0 Å². The largest absolute Gasteiger partial charge is 0.493 e. The summed E-state index contributed by atoms with van der Waals surface area (Å²) in [5, 5.41) is 0. The van der Waals surface area contributed by atoms with E-state index in [4.69, 9.17) is 15.2 Å². The number of benzene rings is 1. The molecular weight excluding hydrogens is 166 g/mol. The van der Waals surface area contributed by atoms with E-state index in [0.717, 1.165) is 23.4 Å². The molecule has 0 radical (unpaired) electrons. The maximum absolute atomic E-state index is 5.65. The fraction of sp³-hybridized carbons (Fsp3) is 0.400. The molecule has 0 fully saturated rings. The molecule has 2 N–H and O–H groups in total. The molecule has 1 aromatic rings. The molecule has 0 amide bonds. The van der Waals surface area contributed by atoms with E-state index >= 15 is 0 Å². The molecule has 1 atom stereocenters. The van der Waals surface area contributed by atoms with Crippen molar-refractivity contribution in [3.63, 3.8) is 0 Å². The van der Waals surface area contributed by atoms with E-state index in [1.165, 1.54) is 0 Å². The average Bonchev–Trinajstić information content (AvgIpc) is 2.16. The van der Waals surface area contributed by atoms with Crippen LogP contribution in [0.15, 0.2) is 18.2 Å². The standard InChI is InChI=1S/C10H13NO2/c1-12-9-4-5-13-10-6-7(11)2-3-8(9)10/h2-3,6,9H,4-5,11H2,1H3. The fourth-order valence-electron chi connectivity index (χ4n) is 1.62. The summed E-state index contributed by atoms with van der Waals surface area (Å²) in [7, 11) is 1.72. The summed E-state index contributed by atoms with van der Waals surface area (Å²) in [5.74, 6) is 0.859. The third-order valence-corrected chi connectivity index (χ3v) is 2.31. The molecule has 13 heavy (non-hydrogen) atoms. The van der Waals surface area contributed by atoms with Gasteiger partial charge < -0.3 is 15.2 Å². The Kier molecular flexibility index (Phi) is 2.10. The van der Waals surface area contributed by atoms with Crippen molar-refractivity contribution in [1.29, 1.82) is 0 Å². The van der Waals surface area contributed by atoms with E-state index in [1.54, 1.807) is 7.11 Å². The summed E-state index contributed by atoms with van der Waals surface area (Å²) >= 11 is 0. The lowest BCUT2D eigenvalue weighted by Gasteiger charge is -2.24. The van der Waals surface area contributed by atoms with Gasteiger partial charge in [0.15, 0.2) is 0 Å². The van der Waals surface area contributed by atoms with Gasteiger partial charge in [0.2, 0.25) is 0 Å². The molecule has 2 rings (SSSR count). The number of nitrogen functional groups attached to an aromatic ring is 1. The van der Waals surface area contributed by atoms with Gasteiger partial charge in [-0.25, -0.2) is 0 Å². The van der Waals surface area contributed by atoms with Crippen LogP contribution in [0.3, 0.4) is 0 Å². The molecule has 1 aliphatic heterocycles. The van der Waals surface area contributed by atoms with Crippen LogP contribution in [-0.4, -0.2) is 13.7 Å². The minimum absolute atomic E-state index is 0.157. The lowest BCUT2D eigenvalue weighted by molar-refractivity contribution is 0.0637. The molecular formula is C10H13NO2.